The molecule has 0 aliphatic rings. The van der Waals surface area contributed by atoms with Crippen LogP contribution in [0.2, 0.25) is 0 Å². The summed E-state index contributed by atoms with van der Waals surface area (Å²) < 4.78 is 1.62. The van der Waals surface area contributed by atoms with Gasteiger partial charge < -0.3 is 10.2 Å². The van der Waals surface area contributed by atoms with E-state index in [1.165, 1.54) is 0 Å². The zero-order chi connectivity index (χ0) is 17.1. The van der Waals surface area contributed by atoms with Crippen molar-refractivity contribution in [2.24, 2.45) is 0 Å². The molecule has 2 amide bonds. The van der Waals surface area contributed by atoms with Crippen molar-refractivity contribution in [1.82, 2.24) is 24.9 Å². The number of rotatable bonds is 4. The molecule has 0 aliphatic heterocycles. The summed E-state index contributed by atoms with van der Waals surface area (Å²) in [5.41, 5.74) is 2.62. The summed E-state index contributed by atoms with van der Waals surface area (Å²) in [7, 11) is 3.90. The van der Waals surface area contributed by atoms with E-state index in [9.17, 15) is 4.79 Å². The maximum absolute atomic E-state index is 11.5. The van der Waals surface area contributed by atoms with Gasteiger partial charge in [-0.25, -0.2) is 14.3 Å². The molecular weight excluding hydrogens is 306 g/mol. The Morgan fingerprint density at radius 2 is 2.08 bits per heavy atom. The molecule has 0 bridgehead atoms. The minimum absolute atomic E-state index is 0.263. The second kappa shape index (κ2) is 6.53. The fourth-order valence-corrected chi connectivity index (χ4v) is 2.24. The number of fused-ring (bicyclic) bond motifs is 1. The quantitative estimate of drug-likeness (QED) is 0.766. The van der Waals surface area contributed by atoms with E-state index < -0.39 is 0 Å². The molecule has 0 aromatic carbocycles. The van der Waals surface area contributed by atoms with Crippen LogP contribution in [0.3, 0.4) is 0 Å². The van der Waals surface area contributed by atoms with E-state index in [-0.39, 0.29) is 12.0 Å². The van der Waals surface area contributed by atoms with Gasteiger partial charge in [-0.15, -0.1) is 5.10 Å². The van der Waals surface area contributed by atoms with Crippen LogP contribution >= 0.6 is 0 Å². The Labute approximate surface area is 139 Å². The summed E-state index contributed by atoms with van der Waals surface area (Å²) in [5.74, 6) is 1.16. The highest BCUT2D eigenvalue weighted by Gasteiger charge is 2.08. The van der Waals surface area contributed by atoms with Crippen LogP contribution in [-0.2, 0) is 0 Å². The van der Waals surface area contributed by atoms with Crippen molar-refractivity contribution < 1.29 is 4.79 Å². The number of carbonyl (C=O) groups excluding carboxylic acids is 1. The van der Waals surface area contributed by atoms with Crippen LogP contribution in [0.4, 0.5) is 16.6 Å². The van der Waals surface area contributed by atoms with Crippen molar-refractivity contribution in [3.05, 3.63) is 36.7 Å². The summed E-state index contributed by atoms with van der Waals surface area (Å²) in [6.45, 7) is 2.39. The summed E-state index contributed by atoms with van der Waals surface area (Å²) in [6, 6.07) is 7.49. The fourth-order valence-electron chi connectivity index (χ4n) is 2.24. The Hall–Kier alpha value is -3.16. The lowest BCUT2D eigenvalue weighted by Crippen LogP contribution is -2.28. The molecular formula is C16H19N7O. The molecule has 0 saturated heterocycles. The molecule has 3 aromatic rings. The lowest BCUT2D eigenvalue weighted by atomic mass is 10.1. The van der Waals surface area contributed by atoms with E-state index in [0.29, 0.717) is 12.2 Å². The zero-order valence-corrected chi connectivity index (χ0v) is 13.8. The van der Waals surface area contributed by atoms with E-state index in [4.69, 9.17) is 0 Å². The fraction of sp³-hybridized carbons (Fsp3) is 0.250. The van der Waals surface area contributed by atoms with Crippen molar-refractivity contribution in [3.63, 3.8) is 0 Å². The summed E-state index contributed by atoms with van der Waals surface area (Å²) in [6.07, 6.45) is 3.63. The third-order valence-corrected chi connectivity index (χ3v) is 3.44. The number of anilines is 2. The van der Waals surface area contributed by atoms with Gasteiger partial charge in [0, 0.05) is 38.6 Å². The van der Waals surface area contributed by atoms with E-state index >= 15 is 0 Å². The van der Waals surface area contributed by atoms with Crippen LogP contribution in [-0.4, -0.2) is 46.3 Å². The Morgan fingerprint density at radius 1 is 1.25 bits per heavy atom. The predicted molar refractivity (Wildman–Crippen MR) is 93.2 cm³/mol. The summed E-state index contributed by atoms with van der Waals surface area (Å²) in [4.78, 5) is 22.2. The van der Waals surface area contributed by atoms with Gasteiger partial charge in [0.05, 0.1) is 0 Å². The second-order valence-electron chi connectivity index (χ2n) is 5.44. The van der Waals surface area contributed by atoms with E-state index in [2.05, 4.69) is 25.7 Å². The van der Waals surface area contributed by atoms with Gasteiger partial charge in [0.25, 0.3) is 5.95 Å². The highest BCUT2D eigenvalue weighted by Crippen LogP contribution is 2.21. The van der Waals surface area contributed by atoms with Crippen molar-refractivity contribution in [2.45, 2.75) is 6.92 Å². The number of urea groups is 1. The van der Waals surface area contributed by atoms with Gasteiger partial charge in [-0.3, -0.25) is 5.32 Å². The van der Waals surface area contributed by atoms with Crippen LogP contribution in [0.1, 0.15) is 6.92 Å². The van der Waals surface area contributed by atoms with E-state index in [0.717, 1.165) is 16.9 Å². The van der Waals surface area contributed by atoms with Crippen molar-refractivity contribution in [2.75, 3.05) is 30.9 Å². The molecule has 0 spiro atoms. The molecule has 0 radical (unpaired) electrons. The number of hydrogen-bond donors (Lipinski definition) is 2. The second-order valence-corrected chi connectivity index (χ2v) is 5.44. The lowest BCUT2D eigenvalue weighted by Gasteiger charge is -2.11. The first-order valence-electron chi connectivity index (χ1n) is 7.62. The van der Waals surface area contributed by atoms with Gasteiger partial charge in [-0.2, -0.15) is 4.98 Å². The largest absolute Gasteiger partial charge is 0.363 e. The normalized spacial score (nSPS) is 10.6. The molecule has 3 heterocycles. The van der Waals surface area contributed by atoms with Gasteiger partial charge in [0.1, 0.15) is 5.82 Å². The number of pyridine rings is 2. The molecule has 0 atom stereocenters. The third-order valence-electron chi connectivity index (χ3n) is 3.44. The molecule has 8 nitrogen and oxygen atoms in total. The molecule has 124 valence electrons. The van der Waals surface area contributed by atoms with Crippen molar-refractivity contribution in [3.8, 4) is 11.1 Å². The first-order valence-corrected chi connectivity index (χ1v) is 7.62. The van der Waals surface area contributed by atoms with Crippen LogP contribution in [0.5, 0.6) is 0 Å². The molecule has 0 fully saturated rings. The molecule has 0 aliphatic carbocycles. The van der Waals surface area contributed by atoms with Crippen molar-refractivity contribution in [1.29, 1.82) is 0 Å². The number of amides is 2. The highest BCUT2D eigenvalue weighted by atomic mass is 16.2. The summed E-state index contributed by atoms with van der Waals surface area (Å²) in [5, 5.41) is 9.46. The number of carbonyl (C=O) groups is 1. The minimum atomic E-state index is -0.322. The molecule has 0 unspecified atom stereocenters. The van der Waals surface area contributed by atoms with E-state index in [1.807, 2.05) is 56.4 Å². The van der Waals surface area contributed by atoms with E-state index in [1.54, 1.807) is 10.7 Å². The highest BCUT2D eigenvalue weighted by molar-refractivity contribution is 5.87. The standard InChI is InChI=1S/C16H19N7O/c1-4-17-16(24)20-15-19-14-9-11(7-8-23(14)21-15)12-5-6-13(18-10-12)22(2)3/h5-10H,4H2,1-3H3,(H2,17,20,21,24). The van der Waals surface area contributed by atoms with Gasteiger partial charge in [-0.1, -0.05) is 0 Å². The Morgan fingerprint density at radius 3 is 2.75 bits per heavy atom. The van der Waals surface area contributed by atoms with Gasteiger partial charge in [0.2, 0.25) is 0 Å². The van der Waals surface area contributed by atoms with Crippen LogP contribution < -0.4 is 15.5 Å². The molecule has 3 rings (SSSR count). The van der Waals surface area contributed by atoms with Gasteiger partial charge in [0.15, 0.2) is 5.65 Å². The first-order chi connectivity index (χ1) is 11.6. The molecule has 3 aromatic heterocycles. The van der Waals surface area contributed by atoms with Gasteiger partial charge >= 0.3 is 6.03 Å². The number of nitrogens with zero attached hydrogens (tertiary/aromatic N) is 5. The maximum Gasteiger partial charge on any atom is 0.321 e. The van der Waals surface area contributed by atoms with Crippen LogP contribution in [0.15, 0.2) is 36.7 Å². The Kier molecular flexibility index (Phi) is 4.28. The average Bonchev–Trinajstić information content (AvgIpc) is 2.96. The molecule has 0 saturated carbocycles. The smallest absolute Gasteiger partial charge is 0.321 e. The topological polar surface area (TPSA) is 87.5 Å². The van der Waals surface area contributed by atoms with Crippen molar-refractivity contribution >= 4 is 23.4 Å². The number of hydrogen-bond acceptors (Lipinski definition) is 5. The molecule has 8 heteroatoms. The number of aromatic nitrogens is 4. The Bertz CT molecular complexity index is 854. The monoisotopic (exact) mass is 325 g/mol. The third kappa shape index (κ3) is 3.27. The lowest BCUT2D eigenvalue weighted by molar-refractivity contribution is 0.252. The maximum atomic E-state index is 11.5. The predicted octanol–water partition coefficient (Wildman–Crippen LogP) is 2.00. The number of nitrogens with one attached hydrogen (secondary N) is 2. The SMILES string of the molecule is CCNC(=O)Nc1nc2cc(-c3ccc(N(C)C)nc3)ccn2n1. The van der Waals surface area contributed by atoms with Gasteiger partial charge in [-0.05, 0) is 36.8 Å². The molecule has 24 heavy (non-hydrogen) atoms. The average molecular weight is 325 g/mol. The summed E-state index contributed by atoms with van der Waals surface area (Å²) >= 11 is 0. The zero-order valence-electron chi connectivity index (χ0n) is 13.8. The van der Waals surface area contributed by atoms with Crippen LogP contribution in [0.25, 0.3) is 16.8 Å². The van der Waals surface area contributed by atoms with Crippen LogP contribution in [0, 0.1) is 0 Å². The first kappa shape index (κ1) is 15.7. The Balaban J connectivity index is 1.86. The minimum Gasteiger partial charge on any atom is -0.363 e. The molecule has 2 N–H and O–H groups in total.